The van der Waals surface area contributed by atoms with Crippen LogP contribution >= 0.6 is 0 Å². The maximum Gasteiger partial charge on any atom is 0.258 e. The zero-order chi connectivity index (χ0) is 23.3. The number of nitrogens with one attached hydrogen (secondary N) is 2. The number of aryl methyl sites for hydroxylation is 1. The number of carbonyl (C=O) groups is 1. The molecule has 2 N–H and O–H groups in total. The molecule has 1 aliphatic carbocycles. The van der Waals surface area contributed by atoms with E-state index in [1.807, 2.05) is 42.5 Å². The van der Waals surface area contributed by atoms with E-state index in [0.717, 1.165) is 31.2 Å². The number of carbonyl (C=O) groups excluding carboxylic acids is 1. The first-order valence-electron chi connectivity index (χ1n) is 11.8. The monoisotopic (exact) mass is 457 g/mol. The average Bonchev–Trinajstić information content (AvgIpc) is 3.32. The minimum atomic E-state index is -0.174. The number of hydrogen-bond donors (Lipinski definition) is 2. The average molecular weight is 458 g/mol. The van der Waals surface area contributed by atoms with Gasteiger partial charge in [0, 0.05) is 24.8 Å². The van der Waals surface area contributed by atoms with Gasteiger partial charge in [0.15, 0.2) is 0 Å². The first-order valence-corrected chi connectivity index (χ1v) is 11.8. The van der Waals surface area contributed by atoms with Crippen molar-refractivity contribution in [3.63, 3.8) is 0 Å². The minimum absolute atomic E-state index is 0.0257. The largest absolute Gasteiger partial charge is 0.425 e. The molecule has 1 aliphatic rings. The lowest BCUT2D eigenvalue weighted by molar-refractivity contribution is -0.122. The van der Waals surface area contributed by atoms with Crippen LogP contribution in [0.2, 0.25) is 0 Å². The highest BCUT2D eigenvalue weighted by atomic mass is 16.4. The number of amides is 1. The Morgan fingerprint density at radius 2 is 1.76 bits per heavy atom. The third kappa shape index (κ3) is 5.22. The van der Waals surface area contributed by atoms with Gasteiger partial charge in [0.25, 0.3) is 5.56 Å². The fourth-order valence-corrected chi connectivity index (χ4v) is 4.54. The summed E-state index contributed by atoms with van der Waals surface area (Å²) >= 11 is 0. The first kappa shape index (κ1) is 22.0. The summed E-state index contributed by atoms with van der Waals surface area (Å²) in [5.74, 6) is 2.07. The molecular weight excluding hydrogens is 430 g/mol. The number of aromatic amines is 1. The standard InChI is InChI=1S/C26H27N5O3/c32-23(15-14-22-28-21-9-5-4-8-20(21)25(33)29-22)27-19-12-10-18(11-13-19)26-31-30-24(34-26)16-17-6-2-1-3-7-17/h1-9,18-19H,10-16H2,(H,27,32)(H,28,29,33). The van der Waals surface area contributed by atoms with Gasteiger partial charge in [-0.1, -0.05) is 42.5 Å². The van der Waals surface area contributed by atoms with Crippen LogP contribution < -0.4 is 10.9 Å². The van der Waals surface area contributed by atoms with E-state index >= 15 is 0 Å². The Morgan fingerprint density at radius 3 is 2.59 bits per heavy atom. The summed E-state index contributed by atoms with van der Waals surface area (Å²) < 4.78 is 5.93. The highest BCUT2D eigenvalue weighted by molar-refractivity contribution is 5.78. The Hall–Kier alpha value is -3.81. The molecule has 0 bridgehead atoms. The van der Waals surface area contributed by atoms with Crippen molar-refractivity contribution in [3.05, 3.63) is 88.1 Å². The van der Waals surface area contributed by atoms with Crippen molar-refractivity contribution in [2.75, 3.05) is 0 Å². The van der Waals surface area contributed by atoms with Crippen molar-refractivity contribution in [2.24, 2.45) is 0 Å². The van der Waals surface area contributed by atoms with Gasteiger partial charge in [-0.05, 0) is 43.4 Å². The van der Waals surface area contributed by atoms with Crippen LogP contribution in [0.25, 0.3) is 10.9 Å². The molecule has 5 rings (SSSR count). The lowest BCUT2D eigenvalue weighted by Gasteiger charge is -2.27. The molecule has 34 heavy (non-hydrogen) atoms. The Labute approximate surface area is 196 Å². The molecule has 0 atom stereocenters. The van der Waals surface area contributed by atoms with E-state index in [2.05, 4.69) is 25.5 Å². The molecule has 0 unspecified atom stereocenters. The summed E-state index contributed by atoms with van der Waals surface area (Å²) in [4.78, 5) is 31.9. The predicted molar refractivity (Wildman–Crippen MR) is 127 cm³/mol. The van der Waals surface area contributed by atoms with Gasteiger partial charge in [-0.3, -0.25) is 9.59 Å². The van der Waals surface area contributed by atoms with Gasteiger partial charge >= 0.3 is 0 Å². The van der Waals surface area contributed by atoms with Crippen LogP contribution in [0.3, 0.4) is 0 Å². The zero-order valence-electron chi connectivity index (χ0n) is 18.9. The molecule has 1 saturated carbocycles. The lowest BCUT2D eigenvalue weighted by Crippen LogP contribution is -2.37. The molecule has 1 amide bonds. The fraction of sp³-hybridized carbons (Fsp3) is 0.346. The van der Waals surface area contributed by atoms with Crippen LogP contribution in [0.1, 0.15) is 61.2 Å². The summed E-state index contributed by atoms with van der Waals surface area (Å²) in [5, 5.41) is 12.2. The van der Waals surface area contributed by atoms with Crippen LogP contribution in [0.15, 0.2) is 63.8 Å². The third-order valence-electron chi connectivity index (χ3n) is 6.37. The van der Waals surface area contributed by atoms with Crippen LogP contribution in [-0.4, -0.2) is 32.1 Å². The quantitative estimate of drug-likeness (QED) is 0.438. The maximum absolute atomic E-state index is 12.5. The second-order valence-corrected chi connectivity index (χ2v) is 8.84. The van der Waals surface area contributed by atoms with Gasteiger partial charge < -0.3 is 14.7 Å². The van der Waals surface area contributed by atoms with Crippen molar-refractivity contribution in [1.29, 1.82) is 0 Å². The number of H-pyrrole nitrogens is 1. The number of hydrogen-bond acceptors (Lipinski definition) is 6. The molecule has 0 radical (unpaired) electrons. The molecule has 1 fully saturated rings. The van der Waals surface area contributed by atoms with E-state index in [-0.39, 0.29) is 29.8 Å². The summed E-state index contributed by atoms with van der Waals surface area (Å²) in [6.45, 7) is 0. The summed E-state index contributed by atoms with van der Waals surface area (Å²) in [7, 11) is 0. The molecule has 2 heterocycles. The van der Waals surface area contributed by atoms with E-state index in [1.165, 1.54) is 0 Å². The maximum atomic E-state index is 12.5. The van der Waals surface area contributed by atoms with Gasteiger partial charge in [-0.25, -0.2) is 4.98 Å². The Bertz CT molecular complexity index is 1320. The smallest absolute Gasteiger partial charge is 0.258 e. The predicted octanol–water partition coefficient (Wildman–Crippen LogP) is 3.67. The van der Waals surface area contributed by atoms with Crippen molar-refractivity contribution in [1.82, 2.24) is 25.5 Å². The van der Waals surface area contributed by atoms with E-state index < -0.39 is 0 Å². The molecule has 2 aromatic carbocycles. The number of fused-ring (bicyclic) bond motifs is 1. The van der Waals surface area contributed by atoms with Crippen molar-refractivity contribution in [2.45, 2.75) is 56.9 Å². The topological polar surface area (TPSA) is 114 Å². The molecule has 8 nitrogen and oxygen atoms in total. The number of aromatic nitrogens is 4. The molecule has 174 valence electrons. The number of nitrogens with zero attached hydrogens (tertiary/aromatic N) is 3. The lowest BCUT2D eigenvalue weighted by atomic mass is 9.86. The molecular formula is C26H27N5O3. The van der Waals surface area contributed by atoms with E-state index in [1.54, 1.807) is 12.1 Å². The molecule has 0 aliphatic heterocycles. The van der Waals surface area contributed by atoms with Crippen LogP contribution in [0.4, 0.5) is 0 Å². The number of para-hydroxylation sites is 1. The SMILES string of the molecule is O=C(CCc1nc2ccccc2c(=O)[nH]1)NC1CCC(c2nnc(Cc3ccccc3)o2)CC1. The third-order valence-corrected chi connectivity index (χ3v) is 6.37. The van der Waals surface area contributed by atoms with Crippen molar-refractivity contribution < 1.29 is 9.21 Å². The van der Waals surface area contributed by atoms with Crippen molar-refractivity contribution >= 4 is 16.8 Å². The first-order chi connectivity index (χ1) is 16.6. The number of rotatable bonds is 7. The van der Waals surface area contributed by atoms with Gasteiger partial charge in [-0.2, -0.15) is 0 Å². The zero-order valence-corrected chi connectivity index (χ0v) is 18.9. The molecule has 2 aromatic heterocycles. The van der Waals surface area contributed by atoms with Crippen LogP contribution in [0.5, 0.6) is 0 Å². The van der Waals surface area contributed by atoms with Gasteiger partial charge in [-0.15, -0.1) is 10.2 Å². The Balaban J connectivity index is 1.09. The molecule has 4 aromatic rings. The van der Waals surface area contributed by atoms with Crippen LogP contribution in [-0.2, 0) is 17.6 Å². The molecule has 8 heteroatoms. The summed E-state index contributed by atoms with van der Waals surface area (Å²) in [6, 6.07) is 17.4. The normalized spacial score (nSPS) is 18.1. The number of benzene rings is 2. The highest BCUT2D eigenvalue weighted by Gasteiger charge is 2.27. The fourth-order valence-electron chi connectivity index (χ4n) is 4.54. The minimum Gasteiger partial charge on any atom is -0.425 e. The Morgan fingerprint density at radius 1 is 1.00 bits per heavy atom. The summed E-state index contributed by atoms with van der Waals surface area (Å²) in [5.41, 5.74) is 1.62. The molecule has 0 spiro atoms. The van der Waals surface area contributed by atoms with Crippen molar-refractivity contribution in [3.8, 4) is 0 Å². The van der Waals surface area contributed by atoms with Gasteiger partial charge in [0.2, 0.25) is 17.7 Å². The van der Waals surface area contributed by atoms with E-state index in [4.69, 9.17) is 4.42 Å². The van der Waals surface area contributed by atoms with E-state index in [0.29, 0.717) is 41.4 Å². The van der Waals surface area contributed by atoms with Gasteiger partial charge in [0.05, 0.1) is 17.3 Å². The van der Waals surface area contributed by atoms with E-state index in [9.17, 15) is 9.59 Å². The summed E-state index contributed by atoms with van der Waals surface area (Å²) in [6.07, 6.45) is 4.86. The second-order valence-electron chi connectivity index (χ2n) is 8.84. The molecule has 0 saturated heterocycles. The van der Waals surface area contributed by atoms with Crippen LogP contribution in [0, 0.1) is 0 Å². The Kier molecular flexibility index (Phi) is 6.46. The second kappa shape index (κ2) is 9.99. The highest BCUT2D eigenvalue weighted by Crippen LogP contribution is 2.32. The van der Waals surface area contributed by atoms with Gasteiger partial charge in [0.1, 0.15) is 5.82 Å².